The molecule has 2 aromatic rings. The molecule has 24 heavy (non-hydrogen) atoms. The highest BCUT2D eigenvalue weighted by atomic mass is 19.1. The van der Waals surface area contributed by atoms with Gasteiger partial charge in [-0.15, -0.1) is 0 Å². The molecule has 0 radical (unpaired) electrons. The van der Waals surface area contributed by atoms with Crippen molar-refractivity contribution in [3.63, 3.8) is 0 Å². The first-order chi connectivity index (χ1) is 11.7. The number of rotatable bonds is 7. The fourth-order valence-corrected chi connectivity index (χ4v) is 1.84. The Hall–Kier alpha value is -2.46. The van der Waals surface area contributed by atoms with Gasteiger partial charge in [-0.3, -0.25) is 4.79 Å². The molecule has 0 amide bonds. The van der Waals surface area contributed by atoms with E-state index in [1.54, 1.807) is 19.3 Å². The van der Waals surface area contributed by atoms with Gasteiger partial charge in [0.1, 0.15) is 6.61 Å². The second kappa shape index (κ2) is 11.1. The van der Waals surface area contributed by atoms with Crippen LogP contribution in [-0.4, -0.2) is 26.1 Å². The Balaban J connectivity index is 0.00000139. The van der Waals surface area contributed by atoms with Gasteiger partial charge < -0.3 is 9.47 Å². The van der Waals surface area contributed by atoms with E-state index in [4.69, 9.17) is 9.47 Å². The fraction of sp³-hybridized carbons (Fsp3) is 0.250. The normalized spacial score (nSPS) is 10.2. The molecule has 0 heterocycles. The lowest BCUT2D eigenvalue weighted by Gasteiger charge is -2.07. The molecule has 0 fully saturated rings. The Labute approximate surface area is 142 Å². The zero-order chi connectivity index (χ0) is 17.8. The van der Waals surface area contributed by atoms with E-state index in [2.05, 4.69) is 0 Å². The van der Waals surface area contributed by atoms with Crippen LogP contribution in [0.5, 0.6) is 5.75 Å². The molecule has 0 saturated carbocycles. The molecule has 0 N–H and O–H groups in total. The van der Waals surface area contributed by atoms with E-state index >= 15 is 0 Å². The van der Waals surface area contributed by atoms with Crippen LogP contribution in [0.3, 0.4) is 0 Å². The summed E-state index contributed by atoms with van der Waals surface area (Å²) in [5.41, 5.74) is 1.19. The average Bonchev–Trinajstić information content (AvgIpc) is 2.63. The van der Waals surface area contributed by atoms with E-state index in [0.717, 1.165) is 5.56 Å². The van der Waals surface area contributed by atoms with Crippen LogP contribution in [0.25, 0.3) is 6.08 Å². The molecule has 0 aliphatic heterocycles. The van der Waals surface area contributed by atoms with Gasteiger partial charge in [-0.05, 0) is 29.8 Å². The van der Waals surface area contributed by atoms with Crippen molar-refractivity contribution in [2.75, 3.05) is 20.3 Å². The van der Waals surface area contributed by atoms with Gasteiger partial charge in [0, 0.05) is 12.7 Å². The summed E-state index contributed by atoms with van der Waals surface area (Å²) in [5.74, 6) is -0.707. The number of hydrogen-bond acceptors (Lipinski definition) is 3. The van der Waals surface area contributed by atoms with Crippen LogP contribution in [0.1, 0.15) is 29.8 Å². The average molecular weight is 330 g/mol. The summed E-state index contributed by atoms with van der Waals surface area (Å²) >= 11 is 0. The van der Waals surface area contributed by atoms with Gasteiger partial charge in [-0.2, -0.15) is 0 Å². The summed E-state index contributed by atoms with van der Waals surface area (Å²) in [6.45, 7) is 4.63. The van der Waals surface area contributed by atoms with Crippen molar-refractivity contribution < 1.29 is 18.7 Å². The number of ether oxygens (including phenoxy) is 2. The van der Waals surface area contributed by atoms with Crippen LogP contribution < -0.4 is 4.74 Å². The third-order valence-corrected chi connectivity index (χ3v) is 2.99. The van der Waals surface area contributed by atoms with Crippen LogP contribution >= 0.6 is 0 Å². The van der Waals surface area contributed by atoms with Gasteiger partial charge in [0.25, 0.3) is 0 Å². The zero-order valence-corrected chi connectivity index (χ0v) is 14.3. The lowest BCUT2D eigenvalue weighted by atomic mass is 10.1. The number of benzene rings is 2. The Morgan fingerprint density at radius 3 is 2.42 bits per heavy atom. The first kappa shape index (κ1) is 19.6. The molecule has 0 atom stereocenters. The van der Waals surface area contributed by atoms with Crippen molar-refractivity contribution in [3.8, 4) is 5.75 Å². The topological polar surface area (TPSA) is 35.5 Å². The predicted octanol–water partition coefficient (Wildman–Crippen LogP) is 4.77. The van der Waals surface area contributed by atoms with Crippen LogP contribution in [0.2, 0.25) is 0 Å². The highest BCUT2D eigenvalue weighted by molar-refractivity contribution is 6.06. The van der Waals surface area contributed by atoms with Gasteiger partial charge in [0.2, 0.25) is 0 Å². The molecular formula is C20H23FO3. The summed E-state index contributed by atoms with van der Waals surface area (Å²) in [7, 11) is 1.54. The third kappa shape index (κ3) is 6.34. The molecule has 2 aromatic carbocycles. The highest BCUT2D eigenvalue weighted by Crippen LogP contribution is 2.19. The fourth-order valence-electron chi connectivity index (χ4n) is 1.84. The standard InChI is InChI=1S/C18H17FO3.C2H6/c1-21-11-12-22-18-10-8-15(13-16(18)19)17(20)9-7-14-5-3-2-4-6-14;1-2/h2-10,13H,11-12H2,1H3;1-2H3/b9-7+;. The quantitative estimate of drug-likeness (QED) is 0.417. The third-order valence-electron chi connectivity index (χ3n) is 2.99. The van der Waals surface area contributed by atoms with Crippen LogP contribution in [0.4, 0.5) is 4.39 Å². The lowest BCUT2D eigenvalue weighted by molar-refractivity contribution is 0.104. The summed E-state index contributed by atoms with van der Waals surface area (Å²) in [6.07, 6.45) is 3.12. The second-order valence-electron chi connectivity index (χ2n) is 4.59. The number of halogens is 1. The predicted molar refractivity (Wildman–Crippen MR) is 94.9 cm³/mol. The maximum atomic E-state index is 13.9. The SMILES string of the molecule is CC.COCCOc1ccc(C(=O)/C=C/c2ccccc2)cc1F. The Morgan fingerprint density at radius 2 is 1.79 bits per heavy atom. The number of methoxy groups -OCH3 is 1. The molecule has 2 rings (SSSR count). The maximum absolute atomic E-state index is 13.9. The number of carbonyl (C=O) groups is 1. The van der Waals surface area contributed by atoms with Crippen molar-refractivity contribution in [2.45, 2.75) is 13.8 Å². The second-order valence-corrected chi connectivity index (χ2v) is 4.59. The number of allylic oxidation sites excluding steroid dienone is 1. The summed E-state index contributed by atoms with van der Waals surface area (Å²) in [4.78, 5) is 12.0. The van der Waals surface area contributed by atoms with E-state index in [-0.39, 0.29) is 23.7 Å². The molecule has 0 bridgehead atoms. The summed E-state index contributed by atoms with van der Waals surface area (Å²) in [6, 6.07) is 13.6. The molecule has 0 saturated heterocycles. The first-order valence-electron chi connectivity index (χ1n) is 7.89. The van der Waals surface area contributed by atoms with Gasteiger partial charge >= 0.3 is 0 Å². The molecule has 0 aliphatic rings. The van der Waals surface area contributed by atoms with Gasteiger partial charge in [-0.25, -0.2) is 4.39 Å². The van der Waals surface area contributed by atoms with E-state index in [1.807, 2.05) is 44.2 Å². The van der Waals surface area contributed by atoms with Crippen molar-refractivity contribution in [1.82, 2.24) is 0 Å². The zero-order valence-electron chi connectivity index (χ0n) is 14.3. The minimum atomic E-state index is -0.560. The summed E-state index contributed by atoms with van der Waals surface area (Å²) < 4.78 is 23.9. The number of ketones is 1. The van der Waals surface area contributed by atoms with Crippen LogP contribution in [0.15, 0.2) is 54.6 Å². The molecule has 0 unspecified atom stereocenters. The number of hydrogen-bond donors (Lipinski definition) is 0. The molecule has 3 nitrogen and oxygen atoms in total. The highest BCUT2D eigenvalue weighted by Gasteiger charge is 2.08. The Kier molecular flexibility index (Phi) is 9.09. The van der Waals surface area contributed by atoms with Crippen molar-refractivity contribution >= 4 is 11.9 Å². The van der Waals surface area contributed by atoms with Crippen LogP contribution in [-0.2, 0) is 4.74 Å². The largest absolute Gasteiger partial charge is 0.488 e. The minimum absolute atomic E-state index is 0.112. The van der Waals surface area contributed by atoms with Gasteiger partial charge in [0.15, 0.2) is 17.3 Å². The maximum Gasteiger partial charge on any atom is 0.185 e. The molecular weight excluding hydrogens is 307 g/mol. The molecule has 128 valence electrons. The molecule has 0 aromatic heterocycles. The van der Waals surface area contributed by atoms with E-state index in [1.165, 1.54) is 18.2 Å². The van der Waals surface area contributed by atoms with E-state index in [0.29, 0.717) is 6.61 Å². The Morgan fingerprint density at radius 1 is 1.08 bits per heavy atom. The van der Waals surface area contributed by atoms with Crippen molar-refractivity contribution in [3.05, 3.63) is 71.6 Å². The van der Waals surface area contributed by atoms with Crippen molar-refractivity contribution in [2.24, 2.45) is 0 Å². The molecule has 0 aliphatic carbocycles. The van der Waals surface area contributed by atoms with E-state index < -0.39 is 5.82 Å². The smallest absolute Gasteiger partial charge is 0.185 e. The van der Waals surface area contributed by atoms with E-state index in [9.17, 15) is 9.18 Å². The van der Waals surface area contributed by atoms with Crippen LogP contribution in [0, 0.1) is 5.82 Å². The lowest BCUT2D eigenvalue weighted by Crippen LogP contribution is -2.06. The van der Waals surface area contributed by atoms with Gasteiger partial charge in [-0.1, -0.05) is 50.3 Å². The minimum Gasteiger partial charge on any atom is -0.488 e. The summed E-state index contributed by atoms with van der Waals surface area (Å²) in [5, 5.41) is 0. The van der Waals surface area contributed by atoms with Crippen molar-refractivity contribution in [1.29, 1.82) is 0 Å². The first-order valence-corrected chi connectivity index (χ1v) is 7.89. The number of carbonyl (C=O) groups excluding carboxylic acids is 1. The van der Waals surface area contributed by atoms with Gasteiger partial charge in [0.05, 0.1) is 6.61 Å². The molecule has 4 heteroatoms. The molecule has 0 spiro atoms. The monoisotopic (exact) mass is 330 g/mol. The Bertz CT molecular complexity index is 651.